The van der Waals surface area contributed by atoms with Crippen LogP contribution in [0.15, 0.2) is 39.1 Å². The topological polar surface area (TPSA) is 67.2 Å². The predicted molar refractivity (Wildman–Crippen MR) is 81.7 cm³/mol. The van der Waals surface area contributed by atoms with E-state index in [1.165, 1.54) is 18.0 Å². The fraction of sp³-hybridized carbons (Fsp3) is 0.286. The molecule has 1 amide bonds. The van der Waals surface area contributed by atoms with E-state index in [9.17, 15) is 4.79 Å². The van der Waals surface area contributed by atoms with Gasteiger partial charge in [-0.3, -0.25) is 4.79 Å². The third kappa shape index (κ3) is 2.92. The van der Waals surface area contributed by atoms with Gasteiger partial charge >= 0.3 is 0 Å². The highest BCUT2D eigenvalue weighted by Crippen LogP contribution is 2.40. The number of oxazole rings is 1. The number of hydrogen-bond donors (Lipinski definition) is 2. The maximum atomic E-state index is 12.0. The lowest BCUT2D eigenvalue weighted by Crippen LogP contribution is -2.27. The number of fused-ring (bicyclic) bond motifs is 1. The van der Waals surface area contributed by atoms with Crippen LogP contribution in [0.4, 0.5) is 5.69 Å². The molecule has 1 atom stereocenters. The van der Waals surface area contributed by atoms with Gasteiger partial charge in [0.2, 0.25) is 5.91 Å². The van der Waals surface area contributed by atoms with E-state index in [4.69, 9.17) is 16.0 Å². The second kappa shape index (κ2) is 6.09. The van der Waals surface area contributed by atoms with Crippen molar-refractivity contribution in [1.82, 2.24) is 10.3 Å². The van der Waals surface area contributed by atoms with Gasteiger partial charge in [0.15, 0.2) is 0 Å². The minimum Gasteiger partial charge on any atom is -0.440 e. The van der Waals surface area contributed by atoms with Crippen LogP contribution in [-0.2, 0) is 4.79 Å². The lowest BCUT2D eigenvalue weighted by Gasteiger charge is -2.11. The zero-order valence-corrected chi connectivity index (χ0v) is 12.9. The van der Waals surface area contributed by atoms with Crippen LogP contribution in [0.5, 0.6) is 0 Å². The average molecular weight is 324 g/mol. The van der Waals surface area contributed by atoms with Gasteiger partial charge in [-0.15, -0.1) is 0 Å². The summed E-state index contributed by atoms with van der Waals surface area (Å²) in [4.78, 5) is 16.9. The second-order valence-electron chi connectivity index (χ2n) is 4.65. The molecule has 0 bridgehead atoms. The monoisotopic (exact) mass is 323 g/mol. The molecule has 0 saturated heterocycles. The van der Waals surface area contributed by atoms with Crippen molar-refractivity contribution < 1.29 is 9.21 Å². The number of halogens is 1. The number of nitrogens with one attached hydrogen (secondary N) is 2. The van der Waals surface area contributed by atoms with Crippen molar-refractivity contribution in [3.8, 4) is 0 Å². The van der Waals surface area contributed by atoms with E-state index in [0.717, 1.165) is 29.1 Å². The Hall–Kier alpha value is -1.50. The minimum absolute atomic E-state index is 0.0483. The molecule has 7 heteroatoms. The van der Waals surface area contributed by atoms with Gasteiger partial charge in [-0.2, -0.15) is 0 Å². The van der Waals surface area contributed by atoms with Crippen molar-refractivity contribution in [3.05, 3.63) is 35.2 Å². The van der Waals surface area contributed by atoms with Crippen LogP contribution in [0.1, 0.15) is 24.9 Å². The summed E-state index contributed by atoms with van der Waals surface area (Å²) in [5.41, 5.74) is 1.67. The van der Waals surface area contributed by atoms with E-state index in [0.29, 0.717) is 10.2 Å². The van der Waals surface area contributed by atoms with Crippen LogP contribution in [0, 0.1) is 0 Å². The van der Waals surface area contributed by atoms with Crippen molar-refractivity contribution in [2.45, 2.75) is 29.5 Å². The number of hydrogen-bond acceptors (Lipinski definition) is 5. The van der Waals surface area contributed by atoms with E-state index in [1.807, 2.05) is 12.1 Å². The first-order valence-electron chi connectivity index (χ1n) is 6.64. The zero-order chi connectivity index (χ0) is 14.8. The normalized spacial score (nSPS) is 16.9. The fourth-order valence-electron chi connectivity index (χ4n) is 2.19. The van der Waals surface area contributed by atoms with Crippen molar-refractivity contribution in [3.63, 3.8) is 0 Å². The van der Waals surface area contributed by atoms with Crippen LogP contribution >= 0.6 is 23.4 Å². The van der Waals surface area contributed by atoms with Crippen molar-refractivity contribution in [1.29, 1.82) is 0 Å². The minimum atomic E-state index is -0.335. The van der Waals surface area contributed by atoms with Crippen molar-refractivity contribution in [2.75, 3.05) is 11.9 Å². The molecule has 1 aliphatic rings. The fourth-order valence-corrected chi connectivity index (χ4v) is 3.21. The molecule has 2 aromatic rings. The highest BCUT2D eigenvalue weighted by atomic mass is 35.5. The van der Waals surface area contributed by atoms with Gasteiger partial charge in [0.05, 0.1) is 11.2 Å². The van der Waals surface area contributed by atoms with Gasteiger partial charge in [0, 0.05) is 16.1 Å². The molecule has 2 N–H and O–H groups in total. The molecule has 1 aliphatic heterocycles. The molecule has 1 aromatic heterocycles. The number of rotatable bonds is 5. The van der Waals surface area contributed by atoms with Crippen molar-refractivity contribution in [2.24, 2.45) is 0 Å². The summed E-state index contributed by atoms with van der Waals surface area (Å²) in [5.74, 6) is -0.0483. The van der Waals surface area contributed by atoms with E-state index in [1.54, 1.807) is 6.20 Å². The number of carbonyl (C=O) groups is 1. The molecule has 5 nitrogen and oxygen atoms in total. The van der Waals surface area contributed by atoms with Gasteiger partial charge in [-0.1, -0.05) is 18.5 Å². The summed E-state index contributed by atoms with van der Waals surface area (Å²) in [6.07, 6.45) is 4.05. The van der Waals surface area contributed by atoms with Crippen LogP contribution < -0.4 is 10.6 Å². The summed E-state index contributed by atoms with van der Waals surface area (Å²) in [6, 6.07) is 3.35. The number of anilines is 1. The average Bonchev–Trinajstić information content (AvgIpc) is 3.05. The standard InChI is InChI=1S/C14H14ClN3O2S/c1-2-3-16-12-8-6-9(15)11(7-10(8)18-13(12)19)21-14-17-4-5-20-14/h4-7,12,16H,2-3H2,1H3,(H,18,19). The number of aromatic nitrogens is 1. The maximum absolute atomic E-state index is 12.0. The number of benzene rings is 1. The van der Waals surface area contributed by atoms with Crippen molar-refractivity contribution >= 4 is 35.0 Å². The Labute approximate surface area is 131 Å². The lowest BCUT2D eigenvalue weighted by atomic mass is 10.1. The van der Waals surface area contributed by atoms with E-state index >= 15 is 0 Å². The highest BCUT2D eigenvalue weighted by molar-refractivity contribution is 7.99. The van der Waals surface area contributed by atoms with Crippen LogP contribution in [0.25, 0.3) is 0 Å². The zero-order valence-electron chi connectivity index (χ0n) is 11.4. The van der Waals surface area contributed by atoms with Crippen LogP contribution in [-0.4, -0.2) is 17.4 Å². The molecule has 1 unspecified atom stereocenters. The first-order chi connectivity index (χ1) is 10.2. The smallest absolute Gasteiger partial charge is 0.260 e. The largest absolute Gasteiger partial charge is 0.440 e. The third-order valence-corrected chi connectivity index (χ3v) is 4.50. The first-order valence-corrected chi connectivity index (χ1v) is 7.83. The Morgan fingerprint density at radius 3 is 3.10 bits per heavy atom. The summed E-state index contributed by atoms with van der Waals surface area (Å²) >= 11 is 7.64. The van der Waals surface area contributed by atoms with Gasteiger partial charge in [-0.05, 0) is 36.9 Å². The summed E-state index contributed by atoms with van der Waals surface area (Å²) < 4.78 is 5.20. The molecule has 21 heavy (non-hydrogen) atoms. The first kappa shape index (κ1) is 14.4. The highest BCUT2D eigenvalue weighted by Gasteiger charge is 2.31. The molecule has 0 radical (unpaired) electrons. The van der Waals surface area contributed by atoms with Gasteiger partial charge in [0.25, 0.3) is 5.22 Å². The number of amides is 1. The maximum Gasteiger partial charge on any atom is 0.260 e. The Balaban J connectivity index is 1.88. The van der Waals surface area contributed by atoms with Gasteiger partial charge < -0.3 is 15.1 Å². The predicted octanol–water partition coefficient (Wildman–Crippen LogP) is 3.47. The van der Waals surface area contributed by atoms with E-state index in [-0.39, 0.29) is 11.9 Å². The lowest BCUT2D eigenvalue weighted by molar-refractivity contribution is -0.117. The molecule has 0 aliphatic carbocycles. The summed E-state index contributed by atoms with van der Waals surface area (Å²) in [6.45, 7) is 2.84. The Morgan fingerprint density at radius 1 is 1.52 bits per heavy atom. The summed E-state index contributed by atoms with van der Waals surface area (Å²) in [7, 11) is 0. The number of carbonyl (C=O) groups excluding carboxylic acids is 1. The molecule has 3 rings (SSSR count). The van der Waals surface area contributed by atoms with Crippen LogP contribution in [0.2, 0.25) is 5.02 Å². The molecule has 0 spiro atoms. The SMILES string of the molecule is CCCNC1C(=O)Nc2cc(Sc3ncco3)c(Cl)cc21. The molecule has 2 heterocycles. The van der Waals surface area contributed by atoms with Crippen LogP contribution in [0.3, 0.4) is 0 Å². The van der Waals surface area contributed by atoms with Gasteiger partial charge in [-0.25, -0.2) is 4.98 Å². The Kier molecular flexibility index (Phi) is 4.19. The van der Waals surface area contributed by atoms with E-state index < -0.39 is 0 Å². The molecule has 110 valence electrons. The third-order valence-electron chi connectivity index (χ3n) is 3.14. The van der Waals surface area contributed by atoms with E-state index in [2.05, 4.69) is 22.5 Å². The molecular formula is C14H14ClN3O2S. The number of nitrogens with zero attached hydrogens (tertiary/aromatic N) is 1. The quantitative estimate of drug-likeness (QED) is 0.882. The second-order valence-corrected chi connectivity index (χ2v) is 6.05. The van der Waals surface area contributed by atoms with Gasteiger partial charge in [0.1, 0.15) is 12.3 Å². The molecular weight excluding hydrogens is 310 g/mol. The molecule has 0 saturated carbocycles. The summed E-state index contributed by atoms with van der Waals surface area (Å²) in [5, 5.41) is 7.20. The molecule has 0 fully saturated rings. The Morgan fingerprint density at radius 2 is 2.38 bits per heavy atom. The Bertz CT molecular complexity index is 660. The molecule has 1 aromatic carbocycles.